The fourth-order valence-corrected chi connectivity index (χ4v) is 2.14. The van der Waals surface area contributed by atoms with E-state index in [1.807, 2.05) is 0 Å². The van der Waals surface area contributed by atoms with Crippen molar-refractivity contribution in [2.24, 2.45) is 0 Å². The van der Waals surface area contributed by atoms with Gasteiger partial charge in [0.2, 0.25) is 0 Å². The minimum absolute atomic E-state index is 0.161. The third kappa shape index (κ3) is 5.46. The van der Waals surface area contributed by atoms with Gasteiger partial charge in [-0.25, -0.2) is 0 Å². The second-order valence-electron chi connectivity index (χ2n) is 5.23. The molecule has 0 aliphatic rings. The van der Waals surface area contributed by atoms with Crippen LogP contribution < -0.4 is 10.6 Å². The summed E-state index contributed by atoms with van der Waals surface area (Å²) in [6, 6.07) is 6.36. The summed E-state index contributed by atoms with van der Waals surface area (Å²) in [5, 5.41) is 5.36. The molecule has 0 saturated carbocycles. The number of halogens is 3. The Morgan fingerprint density at radius 3 is 2.72 bits per heavy atom. The number of rotatable bonds is 7. The maximum atomic E-state index is 13.0. The van der Waals surface area contributed by atoms with Gasteiger partial charge in [-0.3, -0.25) is 9.78 Å². The van der Waals surface area contributed by atoms with E-state index >= 15 is 0 Å². The van der Waals surface area contributed by atoms with E-state index in [-0.39, 0.29) is 11.3 Å². The van der Waals surface area contributed by atoms with Crippen LogP contribution in [0.3, 0.4) is 0 Å². The lowest BCUT2D eigenvalue weighted by molar-refractivity contribution is -0.136. The smallest absolute Gasteiger partial charge is 0.385 e. The third-order valence-corrected chi connectivity index (χ3v) is 3.34. The maximum Gasteiger partial charge on any atom is 0.418 e. The van der Waals surface area contributed by atoms with Gasteiger partial charge in [0.05, 0.1) is 22.5 Å². The Hall–Kier alpha value is -2.61. The van der Waals surface area contributed by atoms with Gasteiger partial charge in [0, 0.05) is 32.7 Å². The molecule has 2 N–H and O–H groups in total. The lowest BCUT2D eigenvalue weighted by Gasteiger charge is -2.13. The van der Waals surface area contributed by atoms with Crippen molar-refractivity contribution in [2.75, 3.05) is 30.9 Å². The SMILES string of the molecule is COCCCNc1cncc(C(=O)Nc2ccccc2C(F)(F)F)c1. The number of aromatic nitrogens is 1. The summed E-state index contributed by atoms with van der Waals surface area (Å²) in [5.74, 6) is -0.662. The van der Waals surface area contributed by atoms with Gasteiger partial charge in [-0.15, -0.1) is 0 Å². The van der Waals surface area contributed by atoms with E-state index in [0.29, 0.717) is 18.8 Å². The number of alkyl halides is 3. The van der Waals surface area contributed by atoms with Gasteiger partial charge in [0.25, 0.3) is 5.91 Å². The molecule has 0 saturated heterocycles. The van der Waals surface area contributed by atoms with Crippen molar-refractivity contribution in [1.82, 2.24) is 4.98 Å². The average Bonchev–Trinajstić information content (AvgIpc) is 2.58. The maximum absolute atomic E-state index is 13.0. The van der Waals surface area contributed by atoms with Crippen LogP contribution in [0.4, 0.5) is 24.5 Å². The molecule has 0 aliphatic heterocycles. The number of benzene rings is 1. The molecule has 8 heteroatoms. The fraction of sp³-hybridized carbons (Fsp3) is 0.294. The van der Waals surface area contributed by atoms with E-state index in [1.54, 1.807) is 7.11 Å². The molecule has 5 nitrogen and oxygen atoms in total. The normalized spacial score (nSPS) is 11.2. The number of ether oxygens (including phenoxy) is 1. The lowest BCUT2D eigenvalue weighted by atomic mass is 10.1. The number of anilines is 2. The third-order valence-electron chi connectivity index (χ3n) is 3.34. The Morgan fingerprint density at radius 1 is 1.24 bits per heavy atom. The zero-order valence-electron chi connectivity index (χ0n) is 13.6. The lowest BCUT2D eigenvalue weighted by Crippen LogP contribution is -2.17. The first-order chi connectivity index (χ1) is 11.9. The highest BCUT2D eigenvalue weighted by Gasteiger charge is 2.33. The van der Waals surface area contributed by atoms with Crippen LogP contribution in [0.1, 0.15) is 22.3 Å². The van der Waals surface area contributed by atoms with Gasteiger partial charge in [0.15, 0.2) is 0 Å². The summed E-state index contributed by atoms with van der Waals surface area (Å²) in [4.78, 5) is 16.2. The van der Waals surface area contributed by atoms with Crippen LogP contribution >= 0.6 is 0 Å². The Balaban J connectivity index is 2.09. The van der Waals surface area contributed by atoms with Gasteiger partial charge < -0.3 is 15.4 Å². The predicted molar refractivity (Wildman–Crippen MR) is 88.6 cm³/mol. The number of methoxy groups -OCH3 is 1. The first-order valence-electron chi connectivity index (χ1n) is 7.57. The number of carbonyl (C=O) groups is 1. The van der Waals surface area contributed by atoms with Gasteiger partial charge in [-0.2, -0.15) is 13.2 Å². The van der Waals surface area contributed by atoms with E-state index < -0.39 is 17.6 Å². The molecular weight excluding hydrogens is 335 g/mol. The molecule has 1 amide bonds. The molecule has 2 rings (SSSR count). The second kappa shape index (κ2) is 8.48. The summed E-state index contributed by atoms with van der Waals surface area (Å²) in [6.07, 6.45) is -0.947. The second-order valence-corrected chi connectivity index (χ2v) is 5.23. The van der Waals surface area contributed by atoms with Crippen LogP contribution in [-0.4, -0.2) is 31.2 Å². The molecule has 0 bridgehead atoms. The van der Waals surface area contributed by atoms with Crippen LogP contribution in [0.2, 0.25) is 0 Å². The zero-order chi connectivity index (χ0) is 18.3. The minimum atomic E-state index is -4.55. The molecule has 1 aromatic heterocycles. The molecular formula is C17H18F3N3O2. The van der Waals surface area contributed by atoms with Crippen molar-refractivity contribution in [3.8, 4) is 0 Å². The Morgan fingerprint density at radius 2 is 2.00 bits per heavy atom. The number of hydrogen-bond donors (Lipinski definition) is 2. The van der Waals surface area contributed by atoms with Gasteiger partial charge >= 0.3 is 6.18 Å². The quantitative estimate of drug-likeness (QED) is 0.743. The standard InChI is InChI=1S/C17H18F3N3O2/c1-25-8-4-7-22-13-9-12(10-21-11-13)16(24)23-15-6-3-2-5-14(15)17(18,19)20/h2-3,5-6,9-11,22H,4,7-8H2,1H3,(H,23,24). The fourth-order valence-electron chi connectivity index (χ4n) is 2.14. The van der Waals surface area contributed by atoms with Crippen molar-refractivity contribution < 1.29 is 22.7 Å². The van der Waals surface area contributed by atoms with Crippen molar-refractivity contribution in [2.45, 2.75) is 12.6 Å². The van der Waals surface area contributed by atoms with Crippen molar-refractivity contribution >= 4 is 17.3 Å². The number of carbonyl (C=O) groups excluding carboxylic acids is 1. The number of nitrogens with zero attached hydrogens (tertiary/aromatic N) is 1. The Kier molecular flexibility index (Phi) is 6.35. The monoisotopic (exact) mass is 353 g/mol. The van der Waals surface area contributed by atoms with Crippen LogP contribution in [-0.2, 0) is 10.9 Å². The molecule has 1 heterocycles. The molecule has 1 aromatic carbocycles. The minimum Gasteiger partial charge on any atom is -0.385 e. The first-order valence-corrected chi connectivity index (χ1v) is 7.57. The van der Waals surface area contributed by atoms with Crippen LogP contribution in [0.25, 0.3) is 0 Å². The summed E-state index contributed by atoms with van der Waals surface area (Å²) in [7, 11) is 1.60. The molecule has 0 atom stereocenters. The van der Waals surface area contributed by atoms with E-state index in [9.17, 15) is 18.0 Å². The van der Waals surface area contributed by atoms with Crippen LogP contribution in [0, 0.1) is 0 Å². The summed E-state index contributed by atoms with van der Waals surface area (Å²) in [5.41, 5.74) is -0.426. The highest BCUT2D eigenvalue weighted by molar-refractivity contribution is 6.05. The predicted octanol–water partition coefficient (Wildman–Crippen LogP) is 3.80. The first kappa shape index (κ1) is 18.7. The Bertz CT molecular complexity index is 720. The molecule has 0 radical (unpaired) electrons. The van der Waals surface area contributed by atoms with Crippen molar-refractivity contribution in [1.29, 1.82) is 0 Å². The van der Waals surface area contributed by atoms with Gasteiger partial charge in [-0.1, -0.05) is 12.1 Å². The van der Waals surface area contributed by atoms with E-state index in [4.69, 9.17) is 4.74 Å². The number of hydrogen-bond acceptors (Lipinski definition) is 4. The van der Waals surface area contributed by atoms with Crippen LogP contribution in [0.15, 0.2) is 42.7 Å². The molecule has 0 aliphatic carbocycles. The topological polar surface area (TPSA) is 63.2 Å². The van der Waals surface area contributed by atoms with E-state index in [2.05, 4.69) is 15.6 Å². The summed E-state index contributed by atoms with van der Waals surface area (Å²) >= 11 is 0. The van der Waals surface area contributed by atoms with Gasteiger partial charge in [-0.05, 0) is 24.6 Å². The summed E-state index contributed by atoms with van der Waals surface area (Å²) < 4.78 is 43.9. The number of amides is 1. The number of pyridine rings is 1. The van der Waals surface area contributed by atoms with Gasteiger partial charge in [0.1, 0.15) is 0 Å². The van der Waals surface area contributed by atoms with Crippen molar-refractivity contribution in [3.63, 3.8) is 0 Å². The molecule has 0 unspecified atom stereocenters. The van der Waals surface area contributed by atoms with E-state index in [0.717, 1.165) is 12.5 Å². The molecule has 0 spiro atoms. The highest BCUT2D eigenvalue weighted by Crippen LogP contribution is 2.34. The largest absolute Gasteiger partial charge is 0.418 e. The molecule has 2 aromatic rings. The average molecular weight is 353 g/mol. The molecule has 134 valence electrons. The highest BCUT2D eigenvalue weighted by atomic mass is 19.4. The van der Waals surface area contributed by atoms with Crippen LogP contribution in [0.5, 0.6) is 0 Å². The van der Waals surface area contributed by atoms with Crippen molar-refractivity contribution in [3.05, 3.63) is 53.9 Å². The zero-order valence-corrected chi connectivity index (χ0v) is 13.6. The summed E-state index contributed by atoms with van der Waals surface area (Å²) in [6.45, 7) is 1.21. The number of para-hydroxylation sites is 1. The Labute approximate surface area is 143 Å². The van der Waals surface area contributed by atoms with E-state index in [1.165, 1.54) is 36.7 Å². The molecule has 25 heavy (non-hydrogen) atoms. The number of nitrogens with one attached hydrogen (secondary N) is 2. The molecule has 0 fully saturated rings.